The first-order chi connectivity index (χ1) is 17.5. The van der Waals surface area contributed by atoms with Crippen molar-refractivity contribution in [2.24, 2.45) is 0 Å². The van der Waals surface area contributed by atoms with Gasteiger partial charge in [-0.2, -0.15) is 0 Å². The monoisotopic (exact) mass is 578 g/mol. The van der Waals surface area contributed by atoms with Crippen LogP contribution in [0, 0.1) is 0 Å². The number of hydrogen-bond acceptors (Lipinski definition) is 11. The van der Waals surface area contributed by atoms with Crippen LogP contribution in [-0.2, 0) is 29.1 Å². The molecule has 0 amide bonds. The Bertz CT molecular complexity index is 709. The smallest absolute Gasteiger partial charge is 0.748 e. The molecule has 0 bridgehead atoms. The molecule has 0 radical (unpaired) electrons. The van der Waals surface area contributed by atoms with E-state index in [0.717, 1.165) is 19.3 Å². The van der Waals surface area contributed by atoms with Crippen molar-refractivity contribution in [3.8, 4) is 0 Å². The fourth-order valence-corrected chi connectivity index (χ4v) is 4.87. The van der Waals surface area contributed by atoms with Gasteiger partial charge in [-0.15, -0.1) is 0 Å². The Labute approximate surface area is 249 Å². The molecule has 11 nitrogen and oxygen atoms in total. The van der Waals surface area contributed by atoms with Gasteiger partial charge < -0.3 is 39.2 Å². The van der Waals surface area contributed by atoms with Crippen LogP contribution in [-0.4, -0.2) is 95.1 Å². The van der Waals surface area contributed by atoms with Gasteiger partial charge >= 0.3 is 35.5 Å². The summed E-state index contributed by atoms with van der Waals surface area (Å²) in [7, 11) is -4.78. The molecule has 4 N–H and O–H groups in total. The SMILES string of the molecule is CCCCCCCCCCCCCCCC(=O)OCC(O)COC1OC(CS(=O)(=O)[O-])C(O)C(O)C1O.[Na+]. The van der Waals surface area contributed by atoms with E-state index in [1.54, 1.807) is 0 Å². The number of carbonyl (C=O) groups is 1. The molecular formula is C25H47NaO11S. The van der Waals surface area contributed by atoms with Crippen molar-refractivity contribution in [1.29, 1.82) is 0 Å². The second-order valence-corrected chi connectivity index (χ2v) is 11.4. The van der Waals surface area contributed by atoms with Crippen LogP contribution in [0.1, 0.15) is 96.8 Å². The standard InChI is InChI=1S/C25H48O11S.Na/c1-2-3-4-5-6-7-8-9-10-11-12-13-14-15-21(27)34-16-19(26)17-35-25-24(30)23(29)22(28)20(36-25)18-37(31,32)33;/h19-20,22-26,28-30H,2-18H2,1H3,(H,31,32,33);/q;+1/p-1. The van der Waals surface area contributed by atoms with Gasteiger partial charge in [0.1, 0.15) is 37.1 Å². The van der Waals surface area contributed by atoms with Crippen LogP contribution < -0.4 is 29.6 Å². The van der Waals surface area contributed by atoms with Gasteiger partial charge in [0.05, 0.1) is 22.5 Å². The van der Waals surface area contributed by atoms with Crippen LogP contribution in [0.4, 0.5) is 0 Å². The predicted octanol–water partition coefficient (Wildman–Crippen LogP) is -1.25. The van der Waals surface area contributed by atoms with Gasteiger partial charge in [-0.1, -0.05) is 84.0 Å². The van der Waals surface area contributed by atoms with Gasteiger partial charge in [-0.3, -0.25) is 4.79 Å². The van der Waals surface area contributed by atoms with E-state index in [1.807, 2.05) is 0 Å². The summed E-state index contributed by atoms with van der Waals surface area (Å²) in [5, 5.41) is 39.6. The molecule has 1 heterocycles. The van der Waals surface area contributed by atoms with E-state index in [0.29, 0.717) is 6.42 Å². The molecule has 0 saturated carbocycles. The van der Waals surface area contributed by atoms with Gasteiger partial charge in [-0.05, 0) is 6.42 Å². The Kier molecular flexibility index (Phi) is 21.9. The Balaban J connectivity index is 0.0000137. The van der Waals surface area contributed by atoms with E-state index < -0.39 is 65.3 Å². The molecule has 38 heavy (non-hydrogen) atoms. The zero-order chi connectivity index (χ0) is 27.7. The van der Waals surface area contributed by atoms with Crippen LogP contribution in [0.15, 0.2) is 0 Å². The van der Waals surface area contributed by atoms with Gasteiger partial charge in [0.15, 0.2) is 6.29 Å². The van der Waals surface area contributed by atoms with Crippen LogP contribution in [0.3, 0.4) is 0 Å². The molecule has 0 spiro atoms. The largest absolute Gasteiger partial charge is 1.00 e. The zero-order valence-electron chi connectivity index (χ0n) is 23.0. The van der Waals surface area contributed by atoms with Gasteiger partial charge in [-0.25, -0.2) is 8.42 Å². The van der Waals surface area contributed by atoms with Gasteiger partial charge in [0.2, 0.25) is 0 Å². The molecule has 1 aliphatic heterocycles. The van der Waals surface area contributed by atoms with Crippen LogP contribution in [0.25, 0.3) is 0 Å². The third-order valence-electron chi connectivity index (χ3n) is 6.41. The van der Waals surface area contributed by atoms with Crippen molar-refractivity contribution < 1.29 is 82.0 Å². The maximum atomic E-state index is 11.9. The van der Waals surface area contributed by atoms with Crippen molar-refractivity contribution in [2.75, 3.05) is 19.0 Å². The van der Waals surface area contributed by atoms with Crippen molar-refractivity contribution >= 4 is 16.1 Å². The second kappa shape index (κ2) is 21.8. The molecule has 0 aliphatic carbocycles. The zero-order valence-corrected chi connectivity index (χ0v) is 25.9. The van der Waals surface area contributed by atoms with Crippen molar-refractivity contribution in [1.82, 2.24) is 0 Å². The summed E-state index contributed by atoms with van der Waals surface area (Å²) in [5.41, 5.74) is 0. The van der Waals surface area contributed by atoms with E-state index in [9.17, 15) is 38.2 Å². The summed E-state index contributed by atoms with van der Waals surface area (Å²) >= 11 is 0. The molecule has 0 aromatic heterocycles. The second-order valence-electron chi connectivity index (χ2n) is 9.90. The Morgan fingerprint density at radius 2 is 1.34 bits per heavy atom. The number of carbonyl (C=O) groups excluding carboxylic acids is 1. The summed E-state index contributed by atoms with van der Waals surface area (Å²) in [6, 6.07) is 0. The number of unbranched alkanes of at least 4 members (excludes halogenated alkanes) is 12. The van der Waals surface area contributed by atoms with E-state index in [2.05, 4.69) is 6.92 Å². The molecule has 0 aromatic carbocycles. The molecule has 6 unspecified atom stereocenters. The van der Waals surface area contributed by atoms with Crippen molar-refractivity contribution in [3.63, 3.8) is 0 Å². The maximum absolute atomic E-state index is 11.9. The molecule has 1 rings (SSSR count). The number of rotatable bonds is 21. The minimum atomic E-state index is -4.78. The molecule has 1 aliphatic rings. The fourth-order valence-electron chi connectivity index (χ4n) is 4.20. The molecule has 13 heteroatoms. The van der Waals surface area contributed by atoms with Gasteiger partial charge in [0, 0.05) is 6.42 Å². The van der Waals surface area contributed by atoms with Crippen molar-refractivity contribution in [3.05, 3.63) is 0 Å². The molecular weight excluding hydrogens is 531 g/mol. The van der Waals surface area contributed by atoms with E-state index >= 15 is 0 Å². The number of aliphatic hydroxyl groups excluding tert-OH is 4. The third-order valence-corrected chi connectivity index (χ3v) is 7.15. The molecule has 0 aromatic rings. The molecule has 6 atom stereocenters. The summed E-state index contributed by atoms with van der Waals surface area (Å²) in [6.07, 6.45) is 5.99. The normalized spacial score (nSPS) is 24.5. The first-order valence-electron chi connectivity index (χ1n) is 13.6. The number of aliphatic hydroxyl groups is 4. The summed E-state index contributed by atoms with van der Waals surface area (Å²) in [4.78, 5) is 11.9. The Morgan fingerprint density at radius 1 is 0.842 bits per heavy atom. The first-order valence-corrected chi connectivity index (χ1v) is 15.2. The average molecular weight is 579 g/mol. The number of hydrogen-bond donors (Lipinski definition) is 4. The van der Waals surface area contributed by atoms with Crippen molar-refractivity contribution in [2.45, 2.75) is 134 Å². The van der Waals surface area contributed by atoms with E-state index in [-0.39, 0.29) is 42.6 Å². The van der Waals surface area contributed by atoms with Crippen LogP contribution >= 0.6 is 0 Å². The first kappa shape index (κ1) is 38.1. The summed E-state index contributed by atoms with van der Waals surface area (Å²) < 4.78 is 48.1. The van der Waals surface area contributed by atoms with E-state index in [4.69, 9.17) is 14.2 Å². The Hall–Kier alpha value is 0.140. The maximum Gasteiger partial charge on any atom is 1.00 e. The molecule has 1 fully saturated rings. The average Bonchev–Trinajstić information content (AvgIpc) is 2.84. The molecule has 1 saturated heterocycles. The van der Waals surface area contributed by atoms with Crippen LogP contribution in [0.5, 0.6) is 0 Å². The topological polar surface area (TPSA) is 183 Å². The van der Waals surface area contributed by atoms with E-state index in [1.165, 1.54) is 57.8 Å². The summed E-state index contributed by atoms with van der Waals surface area (Å²) in [5.74, 6) is -1.58. The Morgan fingerprint density at radius 3 is 1.84 bits per heavy atom. The molecule has 220 valence electrons. The quantitative estimate of drug-likeness (QED) is 0.0552. The van der Waals surface area contributed by atoms with Gasteiger partial charge in [0.25, 0.3) is 0 Å². The number of ether oxygens (including phenoxy) is 3. The van der Waals surface area contributed by atoms with Crippen LogP contribution in [0.2, 0.25) is 0 Å². The number of esters is 1. The fraction of sp³-hybridized carbons (Fsp3) is 0.960. The summed E-state index contributed by atoms with van der Waals surface area (Å²) in [6.45, 7) is 1.40. The predicted molar refractivity (Wildman–Crippen MR) is 134 cm³/mol. The minimum absolute atomic E-state index is 0. The minimum Gasteiger partial charge on any atom is -0.748 e. The third kappa shape index (κ3) is 17.8.